The summed E-state index contributed by atoms with van der Waals surface area (Å²) in [6.07, 6.45) is 1.69. The highest BCUT2D eigenvalue weighted by atomic mass is 19.3. The first-order chi connectivity index (χ1) is 18.9. The third-order valence-corrected chi connectivity index (χ3v) is 7.23. The fourth-order valence-electron chi connectivity index (χ4n) is 5.40. The van der Waals surface area contributed by atoms with Crippen LogP contribution in [-0.4, -0.2) is 58.4 Å². The van der Waals surface area contributed by atoms with E-state index in [0.29, 0.717) is 48.2 Å². The minimum Gasteiger partial charge on any atom is -0.381 e. The van der Waals surface area contributed by atoms with E-state index < -0.39 is 6.43 Å². The van der Waals surface area contributed by atoms with E-state index in [0.717, 1.165) is 28.8 Å². The van der Waals surface area contributed by atoms with Gasteiger partial charge in [-0.3, -0.25) is 14.1 Å². The van der Waals surface area contributed by atoms with Gasteiger partial charge in [0.15, 0.2) is 0 Å². The lowest BCUT2D eigenvalue weighted by Crippen LogP contribution is -2.25. The Labute approximate surface area is 222 Å². The quantitative estimate of drug-likeness (QED) is 0.339. The van der Waals surface area contributed by atoms with Gasteiger partial charge in [0, 0.05) is 43.4 Å². The third kappa shape index (κ3) is 4.95. The average molecular weight is 537 g/mol. The number of halogens is 3. The summed E-state index contributed by atoms with van der Waals surface area (Å²) in [6.45, 7) is 1.48. The Morgan fingerprint density at radius 1 is 1.26 bits per heavy atom. The zero-order valence-electron chi connectivity index (χ0n) is 21.3. The molecule has 2 N–H and O–H groups in total. The van der Waals surface area contributed by atoms with Crippen LogP contribution in [-0.2, 0) is 17.8 Å². The molecule has 1 fully saturated rings. The number of aromatic nitrogens is 3. The first-order valence-electron chi connectivity index (χ1n) is 12.8. The van der Waals surface area contributed by atoms with Crippen LogP contribution in [0.15, 0.2) is 48.8 Å². The molecule has 1 aromatic carbocycles. The number of anilines is 2. The van der Waals surface area contributed by atoms with Gasteiger partial charge >= 0.3 is 0 Å². The van der Waals surface area contributed by atoms with E-state index in [9.17, 15) is 18.0 Å². The molecule has 5 heterocycles. The van der Waals surface area contributed by atoms with Crippen molar-refractivity contribution in [2.45, 2.75) is 31.9 Å². The largest absolute Gasteiger partial charge is 0.381 e. The molecule has 0 bridgehead atoms. The fourth-order valence-corrected chi connectivity index (χ4v) is 5.40. The smallest absolute Gasteiger partial charge is 0.254 e. The summed E-state index contributed by atoms with van der Waals surface area (Å²) in [7, 11) is 1.65. The number of imidazole rings is 1. The van der Waals surface area contributed by atoms with E-state index >= 15 is 0 Å². The number of hydrogen-bond donors (Lipinski definition) is 2. The fraction of sp³-hybridized carbons (Fsp3) is 0.321. The number of benzene rings is 1. The van der Waals surface area contributed by atoms with Crippen molar-refractivity contribution in [3.63, 3.8) is 0 Å². The molecule has 0 aliphatic carbocycles. The molecular weight excluding hydrogens is 509 g/mol. The molecule has 11 heteroatoms. The predicted octanol–water partition coefficient (Wildman–Crippen LogP) is 4.72. The van der Waals surface area contributed by atoms with Gasteiger partial charge in [-0.1, -0.05) is 12.1 Å². The number of amides is 1. The Balaban J connectivity index is 1.35. The monoisotopic (exact) mass is 536 g/mol. The van der Waals surface area contributed by atoms with Gasteiger partial charge in [0.2, 0.25) is 0 Å². The van der Waals surface area contributed by atoms with Gasteiger partial charge in [-0.15, -0.1) is 0 Å². The number of hydrogen-bond acceptors (Lipinski definition) is 6. The van der Waals surface area contributed by atoms with Crippen LogP contribution >= 0.6 is 0 Å². The van der Waals surface area contributed by atoms with Crippen LogP contribution in [0.5, 0.6) is 0 Å². The van der Waals surface area contributed by atoms with E-state index in [1.165, 1.54) is 12.1 Å². The molecule has 0 radical (unpaired) electrons. The first kappa shape index (κ1) is 25.3. The maximum Gasteiger partial charge on any atom is 0.254 e. The summed E-state index contributed by atoms with van der Waals surface area (Å²) in [6, 6.07) is 10.2. The van der Waals surface area contributed by atoms with Crippen LogP contribution in [0.3, 0.4) is 0 Å². The number of carbonyl (C=O) groups is 1. The van der Waals surface area contributed by atoms with Crippen LogP contribution in [0.2, 0.25) is 0 Å². The summed E-state index contributed by atoms with van der Waals surface area (Å²) in [5.74, 6) is 0.0821. The number of nitrogens with zero attached hydrogens (tertiary/aromatic N) is 4. The molecule has 0 spiro atoms. The van der Waals surface area contributed by atoms with Gasteiger partial charge in [0.1, 0.15) is 17.3 Å². The molecule has 1 amide bonds. The van der Waals surface area contributed by atoms with E-state index in [1.54, 1.807) is 28.7 Å². The van der Waals surface area contributed by atoms with Gasteiger partial charge < -0.3 is 15.4 Å². The van der Waals surface area contributed by atoms with Crippen molar-refractivity contribution in [2.75, 3.05) is 32.1 Å². The second-order valence-corrected chi connectivity index (χ2v) is 9.92. The number of fused-ring (bicyclic) bond motifs is 2. The van der Waals surface area contributed by atoms with E-state index in [2.05, 4.69) is 15.6 Å². The van der Waals surface area contributed by atoms with E-state index in [4.69, 9.17) is 9.72 Å². The van der Waals surface area contributed by atoms with Crippen molar-refractivity contribution in [1.29, 1.82) is 0 Å². The minimum atomic E-state index is -2.44. The van der Waals surface area contributed by atoms with Crippen molar-refractivity contribution in [1.82, 2.24) is 24.6 Å². The highest BCUT2D eigenvalue weighted by molar-refractivity contribution is 6.06. The number of nitrogens with one attached hydrogen (secondary N) is 2. The molecular formula is C28H27F3N6O2. The Hall–Kier alpha value is -3.96. The van der Waals surface area contributed by atoms with Crippen LogP contribution in [0, 0.1) is 5.82 Å². The second-order valence-electron chi connectivity index (χ2n) is 9.92. The summed E-state index contributed by atoms with van der Waals surface area (Å²) >= 11 is 0. The maximum absolute atomic E-state index is 13.7. The van der Waals surface area contributed by atoms with Crippen LogP contribution in [0.4, 0.5) is 24.7 Å². The molecule has 1 atom stereocenters. The molecule has 2 aliphatic rings. The molecule has 1 saturated heterocycles. The van der Waals surface area contributed by atoms with Gasteiger partial charge in [-0.05, 0) is 42.8 Å². The van der Waals surface area contributed by atoms with Crippen LogP contribution in [0.25, 0.3) is 16.9 Å². The van der Waals surface area contributed by atoms with Gasteiger partial charge in [-0.25, -0.2) is 23.1 Å². The standard InChI is InChI=1S/C28H27F3N6O2/c1-36(14-24(30)31)13-22-18(16-7-9-39-15-16)3-5-25(35-22)34-21-4-2-19(20-11-33-28(38)27(20)21)23-12-32-26-10-17(29)6-8-37(23)26/h2-6,8,10,12,16,24H,7,9,11,13-15H2,1H3,(H,33,38)(H,34,35). The molecule has 4 aromatic rings. The summed E-state index contributed by atoms with van der Waals surface area (Å²) < 4.78 is 47.0. The Bertz CT molecular complexity index is 1550. The third-order valence-electron chi connectivity index (χ3n) is 7.23. The van der Waals surface area contributed by atoms with Gasteiger partial charge in [0.25, 0.3) is 12.3 Å². The highest BCUT2D eigenvalue weighted by Crippen LogP contribution is 2.36. The number of pyridine rings is 2. The average Bonchev–Trinajstić information content (AvgIpc) is 3.65. The molecule has 6 rings (SSSR count). The minimum absolute atomic E-state index is 0.162. The Morgan fingerprint density at radius 2 is 2.13 bits per heavy atom. The molecule has 202 valence electrons. The zero-order chi connectivity index (χ0) is 27.1. The van der Waals surface area contributed by atoms with Crippen molar-refractivity contribution >= 4 is 23.1 Å². The predicted molar refractivity (Wildman–Crippen MR) is 140 cm³/mol. The highest BCUT2D eigenvalue weighted by Gasteiger charge is 2.28. The van der Waals surface area contributed by atoms with Crippen LogP contribution in [0.1, 0.15) is 39.5 Å². The molecule has 2 aliphatic heterocycles. The Kier molecular flexibility index (Phi) is 6.69. The maximum atomic E-state index is 13.7. The Morgan fingerprint density at radius 3 is 2.92 bits per heavy atom. The zero-order valence-corrected chi connectivity index (χ0v) is 21.3. The van der Waals surface area contributed by atoms with Crippen molar-refractivity contribution in [3.05, 3.63) is 77.0 Å². The van der Waals surface area contributed by atoms with E-state index in [1.807, 2.05) is 24.3 Å². The lowest BCUT2D eigenvalue weighted by Gasteiger charge is -2.21. The normalized spacial score (nSPS) is 16.9. The summed E-state index contributed by atoms with van der Waals surface area (Å²) in [4.78, 5) is 23.6. The molecule has 3 aromatic heterocycles. The number of alkyl halides is 2. The lowest BCUT2D eigenvalue weighted by atomic mass is 9.96. The van der Waals surface area contributed by atoms with Crippen molar-refractivity contribution in [2.24, 2.45) is 0 Å². The van der Waals surface area contributed by atoms with Crippen LogP contribution < -0.4 is 10.6 Å². The lowest BCUT2D eigenvalue weighted by molar-refractivity contribution is 0.0961. The van der Waals surface area contributed by atoms with Crippen molar-refractivity contribution in [3.8, 4) is 11.3 Å². The number of rotatable bonds is 8. The first-order valence-corrected chi connectivity index (χ1v) is 12.8. The van der Waals surface area contributed by atoms with Gasteiger partial charge in [0.05, 0.1) is 42.0 Å². The molecule has 8 nitrogen and oxygen atoms in total. The van der Waals surface area contributed by atoms with E-state index in [-0.39, 0.29) is 30.7 Å². The molecule has 39 heavy (non-hydrogen) atoms. The molecule has 0 saturated carbocycles. The summed E-state index contributed by atoms with van der Waals surface area (Å²) in [5, 5.41) is 6.17. The number of ether oxygens (including phenoxy) is 1. The topological polar surface area (TPSA) is 83.8 Å². The van der Waals surface area contributed by atoms with Gasteiger partial charge in [-0.2, -0.15) is 0 Å². The summed E-state index contributed by atoms with van der Waals surface area (Å²) in [5.41, 5.74) is 5.60. The SMILES string of the molecule is CN(Cc1nc(Nc2ccc(-c3cnc4cc(F)ccn34)c3c2C(=O)NC3)ccc1C1CCOC1)CC(F)F. The van der Waals surface area contributed by atoms with Crippen molar-refractivity contribution < 1.29 is 22.7 Å². The number of carbonyl (C=O) groups excluding carboxylic acids is 1. The molecule has 1 unspecified atom stereocenters. The second kappa shape index (κ2) is 10.3.